The van der Waals surface area contributed by atoms with Crippen LogP contribution in [0.15, 0.2) is 0 Å². The third-order valence-electron chi connectivity index (χ3n) is 2.13. The van der Waals surface area contributed by atoms with Crippen LogP contribution in [-0.4, -0.2) is 104 Å². The monoisotopic (exact) mass is 325 g/mol. The van der Waals surface area contributed by atoms with Gasteiger partial charge in [0.2, 0.25) is 0 Å². The fourth-order valence-corrected chi connectivity index (χ4v) is 1.27. The molecule has 0 saturated carbocycles. The summed E-state index contributed by atoms with van der Waals surface area (Å²) < 4.78 is 31.2. The Bertz CT molecular complexity index is 236. The van der Waals surface area contributed by atoms with Crippen LogP contribution in [0.2, 0.25) is 0 Å². The van der Waals surface area contributed by atoms with Crippen molar-refractivity contribution in [2.75, 3.05) is 89.3 Å². The van der Waals surface area contributed by atoms with Gasteiger partial charge < -0.3 is 28.4 Å². The van der Waals surface area contributed by atoms with Crippen LogP contribution >= 0.6 is 0 Å². The zero-order valence-electron chi connectivity index (χ0n) is 14.4. The van der Waals surface area contributed by atoms with E-state index in [1.165, 1.54) is 0 Å². The minimum Gasteiger partial charge on any atom is -0.359 e. The second-order valence-corrected chi connectivity index (χ2v) is 5.10. The first kappa shape index (κ1) is 21.6. The van der Waals surface area contributed by atoms with Crippen LogP contribution in [0.25, 0.3) is 0 Å². The molecule has 22 heavy (non-hydrogen) atoms. The van der Waals surface area contributed by atoms with Gasteiger partial charge >= 0.3 is 0 Å². The van der Waals surface area contributed by atoms with Crippen LogP contribution < -0.4 is 0 Å². The highest BCUT2D eigenvalue weighted by molar-refractivity contribution is 4.33. The van der Waals surface area contributed by atoms with Crippen LogP contribution in [0.4, 0.5) is 0 Å². The van der Waals surface area contributed by atoms with Crippen molar-refractivity contribution in [1.82, 2.24) is 14.7 Å². The standard InChI is InChI=1S/C13H31N3O6/c1-14(2)6-18-12-20-9-16(4)10-22-13-21-8-15(3)7-19-11-17-5/h6-13H2,1-5H3. The first-order valence-corrected chi connectivity index (χ1v) is 6.95. The summed E-state index contributed by atoms with van der Waals surface area (Å²) in [5, 5.41) is 0. The van der Waals surface area contributed by atoms with Crippen LogP contribution in [0.5, 0.6) is 0 Å². The van der Waals surface area contributed by atoms with E-state index >= 15 is 0 Å². The summed E-state index contributed by atoms with van der Waals surface area (Å²) in [7, 11) is 9.21. The van der Waals surface area contributed by atoms with E-state index in [0.717, 1.165) is 0 Å². The van der Waals surface area contributed by atoms with Gasteiger partial charge in [0.05, 0.1) is 0 Å². The lowest BCUT2D eigenvalue weighted by atomic mass is 10.9. The van der Waals surface area contributed by atoms with Gasteiger partial charge in [-0.2, -0.15) is 0 Å². The molecule has 0 amide bonds. The number of hydrogen-bond donors (Lipinski definition) is 0. The van der Waals surface area contributed by atoms with E-state index < -0.39 is 0 Å². The minimum absolute atomic E-state index is 0.204. The number of methoxy groups -OCH3 is 1. The predicted octanol–water partition coefficient (Wildman–Crippen LogP) is -0.199. The minimum atomic E-state index is 0.204. The molecule has 0 radical (unpaired) electrons. The maximum absolute atomic E-state index is 5.35. The molecule has 9 nitrogen and oxygen atoms in total. The molecule has 0 saturated heterocycles. The van der Waals surface area contributed by atoms with Gasteiger partial charge in [-0.25, -0.2) is 0 Å². The fourth-order valence-electron chi connectivity index (χ4n) is 1.27. The van der Waals surface area contributed by atoms with Crippen molar-refractivity contribution in [3.8, 4) is 0 Å². The molecule has 0 aromatic carbocycles. The maximum Gasteiger partial charge on any atom is 0.150 e. The molecule has 0 aromatic heterocycles. The smallest absolute Gasteiger partial charge is 0.150 e. The van der Waals surface area contributed by atoms with Crippen molar-refractivity contribution in [2.45, 2.75) is 0 Å². The van der Waals surface area contributed by atoms with Gasteiger partial charge in [0.25, 0.3) is 0 Å². The Hall–Kier alpha value is -0.360. The van der Waals surface area contributed by atoms with Gasteiger partial charge in [0.15, 0.2) is 0 Å². The number of ether oxygens (including phenoxy) is 6. The molecule has 9 heteroatoms. The molecule has 0 bridgehead atoms. The summed E-state index contributed by atoms with van der Waals surface area (Å²) in [5.74, 6) is 0. The molecular formula is C13H31N3O6. The van der Waals surface area contributed by atoms with Crippen LogP contribution in [0.1, 0.15) is 0 Å². The average Bonchev–Trinajstić information content (AvgIpc) is 2.46. The van der Waals surface area contributed by atoms with Crippen molar-refractivity contribution in [2.24, 2.45) is 0 Å². The lowest BCUT2D eigenvalue weighted by Crippen LogP contribution is -2.28. The fraction of sp³-hybridized carbons (Fsp3) is 1.00. The molecule has 0 aliphatic rings. The molecular weight excluding hydrogens is 294 g/mol. The lowest BCUT2D eigenvalue weighted by molar-refractivity contribution is -0.154. The molecule has 0 fully saturated rings. The topological polar surface area (TPSA) is 65.1 Å². The third-order valence-corrected chi connectivity index (χ3v) is 2.13. The molecule has 0 unspecified atom stereocenters. The summed E-state index contributed by atoms with van der Waals surface area (Å²) in [6.45, 7) is 2.97. The maximum atomic E-state index is 5.35. The van der Waals surface area contributed by atoms with Crippen molar-refractivity contribution >= 4 is 0 Å². The van der Waals surface area contributed by atoms with Crippen molar-refractivity contribution in [3.63, 3.8) is 0 Å². The summed E-state index contributed by atoms with van der Waals surface area (Å²) in [6.07, 6.45) is 0. The van der Waals surface area contributed by atoms with Crippen molar-refractivity contribution in [1.29, 1.82) is 0 Å². The van der Waals surface area contributed by atoms with Crippen LogP contribution in [0.3, 0.4) is 0 Å². The Labute approximate surface area is 133 Å². The first-order chi connectivity index (χ1) is 10.6. The van der Waals surface area contributed by atoms with Gasteiger partial charge in [0, 0.05) is 7.11 Å². The third kappa shape index (κ3) is 16.0. The second kappa shape index (κ2) is 15.5. The molecule has 0 aliphatic carbocycles. The number of rotatable bonds is 16. The van der Waals surface area contributed by atoms with E-state index in [1.54, 1.807) is 7.11 Å². The average molecular weight is 325 g/mol. The molecule has 0 aromatic rings. The Morgan fingerprint density at radius 1 is 0.545 bits per heavy atom. The quantitative estimate of drug-likeness (QED) is 0.283. The van der Waals surface area contributed by atoms with Crippen molar-refractivity contribution in [3.05, 3.63) is 0 Å². The Balaban J connectivity index is 3.29. The summed E-state index contributed by atoms with van der Waals surface area (Å²) in [4.78, 5) is 5.65. The van der Waals surface area contributed by atoms with Crippen LogP contribution in [-0.2, 0) is 28.4 Å². The number of nitrogens with zero attached hydrogens (tertiary/aromatic N) is 3. The summed E-state index contributed by atoms with van der Waals surface area (Å²) in [5.41, 5.74) is 0. The predicted molar refractivity (Wildman–Crippen MR) is 80.6 cm³/mol. The van der Waals surface area contributed by atoms with Gasteiger partial charge in [-0.15, -0.1) is 0 Å². The van der Waals surface area contributed by atoms with E-state index in [0.29, 0.717) is 33.7 Å². The Kier molecular flexibility index (Phi) is 15.3. The molecule has 0 rings (SSSR count). The van der Waals surface area contributed by atoms with Gasteiger partial charge in [0.1, 0.15) is 54.0 Å². The summed E-state index contributed by atoms with van der Waals surface area (Å²) >= 11 is 0. The normalized spacial score (nSPS) is 12.0. The van der Waals surface area contributed by atoms with E-state index in [1.807, 2.05) is 42.9 Å². The highest BCUT2D eigenvalue weighted by Gasteiger charge is 2.00. The molecule has 0 N–H and O–H groups in total. The van der Waals surface area contributed by atoms with Gasteiger partial charge in [-0.3, -0.25) is 14.7 Å². The molecule has 134 valence electrons. The van der Waals surface area contributed by atoms with Crippen LogP contribution in [0, 0.1) is 0 Å². The first-order valence-electron chi connectivity index (χ1n) is 6.95. The lowest BCUT2D eigenvalue weighted by Gasteiger charge is -2.19. The van der Waals surface area contributed by atoms with Gasteiger partial charge in [-0.05, 0) is 28.2 Å². The van der Waals surface area contributed by atoms with Crippen molar-refractivity contribution < 1.29 is 28.4 Å². The van der Waals surface area contributed by atoms with E-state index in [-0.39, 0.29) is 20.4 Å². The van der Waals surface area contributed by atoms with E-state index in [2.05, 4.69) is 0 Å². The van der Waals surface area contributed by atoms with Gasteiger partial charge in [-0.1, -0.05) is 0 Å². The van der Waals surface area contributed by atoms with E-state index in [4.69, 9.17) is 28.4 Å². The molecule has 0 spiro atoms. The zero-order valence-corrected chi connectivity index (χ0v) is 14.4. The SMILES string of the molecule is COCOCN(C)COCOCN(C)COCOCN(C)C. The number of hydrogen-bond acceptors (Lipinski definition) is 9. The highest BCUT2D eigenvalue weighted by Crippen LogP contribution is 1.90. The van der Waals surface area contributed by atoms with E-state index in [9.17, 15) is 0 Å². The largest absolute Gasteiger partial charge is 0.359 e. The molecule has 0 atom stereocenters. The molecule has 0 aliphatic heterocycles. The Morgan fingerprint density at radius 2 is 0.909 bits per heavy atom. The highest BCUT2D eigenvalue weighted by atomic mass is 16.7. The second-order valence-electron chi connectivity index (χ2n) is 5.10. The Morgan fingerprint density at radius 3 is 1.27 bits per heavy atom. The summed E-state index contributed by atoms with van der Waals surface area (Å²) in [6, 6.07) is 0. The molecule has 0 heterocycles. The zero-order chi connectivity index (χ0) is 16.6.